The molecule has 1 aromatic heterocycles. The first kappa shape index (κ1) is 11.6. The zero-order chi connectivity index (χ0) is 11.2. The predicted molar refractivity (Wildman–Crippen MR) is 62.7 cm³/mol. The number of hydrogen-bond donors (Lipinski definition) is 1. The summed E-state index contributed by atoms with van der Waals surface area (Å²) in [6.45, 7) is 2.94. The van der Waals surface area contributed by atoms with Crippen LogP contribution in [-0.4, -0.2) is 29.7 Å². The Morgan fingerprint density at radius 2 is 2.00 bits per heavy atom. The molecule has 1 N–H and O–H groups in total. The Morgan fingerprint density at radius 3 is 2.69 bits per heavy atom. The number of hydrogen-bond acceptors (Lipinski definition) is 4. The van der Waals surface area contributed by atoms with Crippen molar-refractivity contribution in [1.29, 1.82) is 0 Å². The fourth-order valence-electron chi connectivity index (χ4n) is 1.86. The van der Waals surface area contributed by atoms with Gasteiger partial charge in [-0.15, -0.1) is 0 Å². The van der Waals surface area contributed by atoms with E-state index >= 15 is 0 Å². The number of aromatic nitrogens is 2. The van der Waals surface area contributed by atoms with E-state index in [4.69, 9.17) is 16.3 Å². The Balaban J connectivity index is 1.69. The highest BCUT2D eigenvalue weighted by atomic mass is 35.5. The normalized spacial score (nSPS) is 17.3. The fraction of sp³-hybridized carbons (Fsp3) is 0.636. The van der Waals surface area contributed by atoms with Crippen molar-refractivity contribution in [2.24, 2.45) is 5.92 Å². The van der Waals surface area contributed by atoms with Gasteiger partial charge in [-0.1, -0.05) is 11.6 Å². The van der Waals surface area contributed by atoms with Gasteiger partial charge in [-0.2, -0.15) is 0 Å². The summed E-state index contributed by atoms with van der Waals surface area (Å²) in [6.07, 6.45) is 6.66. The van der Waals surface area contributed by atoms with E-state index < -0.39 is 0 Å². The number of rotatable bonds is 4. The summed E-state index contributed by atoms with van der Waals surface area (Å²) < 4.78 is 5.46. The molecule has 0 aromatic carbocycles. The second-order valence-corrected chi connectivity index (χ2v) is 4.45. The average molecular weight is 242 g/mol. The van der Waals surface area contributed by atoms with Gasteiger partial charge in [0.1, 0.15) is 0 Å². The van der Waals surface area contributed by atoms with Gasteiger partial charge in [-0.05, 0) is 38.3 Å². The molecule has 1 fully saturated rings. The van der Waals surface area contributed by atoms with Gasteiger partial charge in [0, 0.05) is 0 Å². The van der Waals surface area contributed by atoms with Crippen LogP contribution in [0.1, 0.15) is 19.3 Å². The molecule has 1 aliphatic heterocycles. The molecule has 2 rings (SSSR count). The van der Waals surface area contributed by atoms with Crippen LogP contribution in [0.5, 0.6) is 6.01 Å². The quantitative estimate of drug-likeness (QED) is 0.875. The molecule has 0 bridgehead atoms. The first-order valence-corrected chi connectivity index (χ1v) is 6.03. The molecule has 0 unspecified atom stereocenters. The highest BCUT2D eigenvalue weighted by molar-refractivity contribution is 6.30. The zero-order valence-electron chi connectivity index (χ0n) is 9.16. The van der Waals surface area contributed by atoms with Crippen molar-refractivity contribution in [3.05, 3.63) is 17.4 Å². The molecule has 0 atom stereocenters. The number of nitrogens with one attached hydrogen (secondary N) is 1. The Labute approximate surface area is 100 Å². The smallest absolute Gasteiger partial charge is 0.316 e. The van der Waals surface area contributed by atoms with Gasteiger partial charge in [0.25, 0.3) is 0 Å². The molecule has 5 heteroatoms. The van der Waals surface area contributed by atoms with E-state index in [0.29, 0.717) is 17.6 Å². The van der Waals surface area contributed by atoms with Crippen LogP contribution in [0.2, 0.25) is 5.02 Å². The van der Waals surface area contributed by atoms with Gasteiger partial charge < -0.3 is 10.1 Å². The molecule has 0 radical (unpaired) electrons. The molecule has 2 heterocycles. The topological polar surface area (TPSA) is 47.0 Å². The van der Waals surface area contributed by atoms with Crippen molar-refractivity contribution in [1.82, 2.24) is 15.3 Å². The minimum Gasteiger partial charge on any atom is -0.463 e. The summed E-state index contributed by atoms with van der Waals surface area (Å²) in [5.74, 6) is 0.772. The maximum absolute atomic E-state index is 5.68. The van der Waals surface area contributed by atoms with E-state index in [9.17, 15) is 0 Å². The fourth-order valence-corrected chi connectivity index (χ4v) is 1.96. The molecule has 16 heavy (non-hydrogen) atoms. The van der Waals surface area contributed by atoms with Crippen LogP contribution in [0.15, 0.2) is 12.4 Å². The van der Waals surface area contributed by atoms with Crippen molar-refractivity contribution in [2.45, 2.75) is 19.3 Å². The SMILES string of the molecule is Clc1cnc(OCCC2CCNCC2)nc1. The van der Waals surface area contributed by atoms with Crippen LogP contribution < -0.4 is 10.1 Å². The number of halogens is 1. The van der Waals surface area contributed by atoms with Crippen molar-refractivity contribution in [2.75, 3.05) is 19.7 Å². The third-order valence-corrected chi connectivity index (χ3v) is 3.01. The molecular formula is C11H16ClN3O. The minimum atomic E-state index is 0.415. The van der Waals surface area contributed by atoms with Gasteiger partial charge in [0.05, 0.1) is 24.0 Å². The highest BCUT2D eigenvalue weighted by Crippen LogP contribution is 2.16. The first-order valence-electron chi connectivity index (χ1n) is 5.65. The van der Waals surface area contributed by atoms with Crippen LogP contribution in [0, 0.1) is 5.92 Å². The summed E-state index contributed by atoms with van der Waals surface area (Å²) in [4.78, 5) is 7.97. The lowest BCUT2D eigenvalue weighted by atomic mass is 9.95. The van der Waals surface area contributed by atoms with Crippen LogP contribution in [0.3, 0.4) is 0 Å². The molecule has 1 aliphatic rings. The largest absolute Gasteiger partial charge is 0.463 e. The number of ether oxygens (including phenoxy) is 1. The lowest BCUT2D eigenvalue weighted by molar-refractivity contribution is 0.238. The second-order valence-electron chi connectivity index (χ2n) is 4.01. The van der Waals surface area contributed by atoms with E-state index in [0.717, 1.165) is 25.4 Å². The molecule has 0 saturated carbocycles. The van der Waals surface area contributed by atoms with E-state index in [2.05, 4.69) is 15.3 Å². The van der Waals surface area contributed by atoms with Gasteiger partial charge in [-0.3, -0.25) is 0 Å². The van der Waals surface area contributed by atoms with Crippen LogP contribution in [0.25, 0.3) is 0 Å². The maximum atomic E-state index is 5.68. The summed E-state index contributed by atoms with van der Waals surface area (Å²) in [5.41, 5.74) is 0. The molecule has 0 aliphatic carbocycles. The highest BCUT2D eigenvalue weighted by Gasteiger charge is 2.12. The Kier molecular flexibility index (Phi) is 4.36. The summed E-state index contributed by atoms with van der Waals surface area (Å²) in [6, 6.07) is 0.415. The molecule has 4 nitrogen and oxygen atoms in total. The zero-order valence-corrected chi connectivity index (χ0v) is 9.91. The van der Waals surface area contributed by atoms with Crippen molar-refractivity contribution in [3.63, 3.8) is 0 Å². The monoisotopic (exact) mass is 241 g/mol. The molecule has 0 spiro atoms. The van der Waals surface area contributed by atoms with E-state index in [1.807, 2.05) is 0 Å². The lowest BCUT2D eigenvalue weighted by Crippen LogP contribution is -2.28. The average Bonchev–Trinajstić information content (AvgIpc) is 2.33. The number of nitrogens with zero attached hydrogens (tertiary/aromatic N) is 2. The maximum Gasteiger partial charge on any atom is 0.316 e. The predicted octanol–water partition coefficient (Wildman–Crippen LogP) is 1.90. The minimum absolute atomic E-state index is 0.415. The summed E-state index contributed by atoms with van der Waals surface area (Å²) >= 11 is 5.68. The van der Waals surface area contributed by atoms with Gasteiger partial charge in [0.15, 0.2) is 0 Å². The summed E-state index contributed by atoms with van der Waals surface area (Å²) in [5, 5.41) is 3.88. The Morgan fingerprint density at radius 1 is 1.31 bits per heavy atom. The molecule has 1 saturated heterocycles. The first-order chi connectivity index (χ1) is 7.84. The Bertz CT molecular complexity index is 312. The van der Waals surface area contributed by atoms with Gasteiger partial charge in [0.2, 0.25) is 0 Å². The lowest BCUT2D eigenvalue weighted by Gasteiger charge is -2.22. The molecule has 88 valence electrons. The summed E-state index contributed by atoms with van der Waals surface area (Å²) in [7, 11) is 0. The van der Waals surface area contributed by atoms with Crippen LogP contribution in [-0.2, 0) is 0 Å². The van der Waals surface area contributed by atoms with Crippen molar-refractivity contribution >= 4 is 11.6 Å². The third kappa shape index (κ3) is 3.61. The van der Waals surface area contributed by atoms with E-state index in [1.165, 1.54) is 12.8 Å². The molecule has 0 amide bonds. The van der Waals surface area contributed by atoms with Crippen LogP contribution in [0.4, 0.5) is 0 Å². The van der Waals surface area contributed by atoms with E-state index in [-0.39, 0.29) is 0 Å². The van der Waals surface area contributed by atoms with Gasteiger partial charge >= 0.3 is 6.01 Å². The Hall–Kier alpha value is -0.870. The van der Waals surface area contributed by atoms with E-state index in [1.54, 1.807) is 12.4 Å². The standard InChI is InChI=1S/C11H16ClN3O/c12-10-7-14-11(15-8-10)16-6-3-9-1-4-13-5-2-9/h7-9,13H,1-6H2. The second kappa shape index (κ2) is 6.01. The number of piperidine rings is 1. The molecular weight excluding hydrogens is 226 g/mol. The third-order valence-electron chi connectivity index (χ3n) is 2.81. The molecule has 1 aromatic rings. The van der Waals surface area contributed by atoms with Crippen LogP contribution >= 0.6 is 11.6 Å². The van der Waals surface area contributed by atoms with Crippen molar-refractivity contribution in [3.8, 4) is 6.01 Å². The van der Waals surface area contributed by atoms with Crippen molar-refractivity contribution < 1.29 is 4.74 Å². The van der Waals surface area contributed by atoms with Gasteiger partial charge in [-0.25, -0.2) is 9.97 Å².